The fourth-order valence-electron chi connectivity index (χ4n) is 4.17. The Labute approximate surface area is 171 Å². The minimum Gasteiger partial charge on any atom is -0.369 e. The second-order valence-corrected chi connectivity index (χ2v) is 7.80. The van der Waals surface area contributed by atoms with Crippen LogP contribution in [0, 0.1) is 6.92 Å². The number of fused-ring (bicyclic) bond motifs is 1. The molecule has 0 aliphatic carbocycles. The Hall–Kier alpha value is -2.86. The number of benzene rings is 2. The summed E-state index contributed by atoms with van der Waals surface area (Å²) in [5.74, 6) is -0.733. The first-order valence-electron chi connectivity index (χ1n) is 10.3. The number of aryl methyl sites for hydroxylation is 1. The summed E-state index contributed by atoms with van der Waals surface area (Å²) in [5, 5.41) is 5.89. The SMILES string of the molecule is CCN1CCN(c2ccc(NC(=O)C3CC(=O)Nc4ccccc43)c(C)c2)CC1. The van der Waals surface area contributed by atoms with E-state index in [1.165, 1.54) is 5.69 Å². The molecule has 2 aliphatic heterocycles. The van der Waals surface area contributed by atoms with Crippen molar-refractivity contribution in [1.29, 1.82) is 0 Å². The highest BCUT2D eigenvalue weighted by atomic mass is 16.2. The summed E-state index contributed by atoms with van der Waals surface area (Å²) in [5.41, 5.74) is 4.62. The van der Waals surface area contributed by atoms with Crippen molar-refractivity contribution in [3.05, 3.63) is 53.6 Å². The highest BCUT2D eigenvalue weighted by Gasteiger charge is 2.30. The number of nitrogens with zero attached hydrogens (tertiary/aromatic N) is 2. The number of amides is 2. The molecule has 2 N–H and O–H groups in total. The van der Waals surface area contributed by atoms with Crippen LogP contribution in [0.5, 0.6) is 0 Å². The van der Waals surface area contributed by atoms with Crippen LogP contribution < -0.4 is 15.5 Å². The van der Waals surface area contributed by atoms with Crippen LogP contribution in [-0.4, -0.2) is 49.4 Å². The molecule has 2 amide bonds. The molecular weight excluding hydrogens is 364 g/mol. The molecule has 0 bridgehead atoms. The van der Waals surface area contributed by atoms with Gasteiger partial charge >= 0.3 is 0 Å². The van der Waals surface area contributed by atoms with Crippen LogP contribution in [0.2, 0.25) is 0 Å². The number of anilines is 3. The Kier molecular flexibility index (Phi) is 5.53. The molecule has 2 aliphatic rings. The average Bonchev–Trinajstić information content (AvgIpc) is 2.74. The molecule has 2 aromatic rings. The van der Waals surface area contributed by atoms with Gasteiger partial charge in [-0.15, -0.1) is 0 Å². The summed E-state index contributed by atoms with van der Waals surface area (Å²) in [6.45, 7) is 9.52. The number of hydrogen-bond donors (Lipinski definition) is 2. The van der Waals surface area contributed by atoms with Crippen molar-refractivity contribution in [3.8, 4) is 0 Å². The van der Waals surface area contributed by atoms with E-state index < -0.39 is 5.92 Å². The molecular formula is C23H28N4O2. The molecule has 4 rings (SSSR count). The Bertz CT molecular complexity index is 919. The van der Waals surface area contributed by atoms with Crippen molar-refractivity contribution in [2.24, 2.45) is 0 Å². The fraction of sp³-hybridized carbons (Fsp3) is 0.391. The maximum atomic E-state index is 13.0. The number of piperazine rings is 1. The molecule has 1 saturated heterocycles. The van der Waals surface area contributed by atoms with Crippen LogP contribution in [0.1, 0.15) is 30.4 Å². The van der Waals surface area contributed by atoms with E-state index in [1.54, 1.807) is 0 Å². The number of likely N-dealkylation sites (N-methyl/N-ethyl adjacent to an activating group) is 1. The third-order valence-electron chi connectivity index (χ3n) is 5.97. The molecule has 1 fully saturated rings. The van der Waals surface area contributed by atoms with Crippen LogP contribution in [0.25, 0.3) is 0 Å². The highest BCUT2D eigenvalue weighted by molar-refractivity contribution is 6.05. The lowest BCUT2D eigenvalue weighted by Crippen LogP contribution is -2.46. The molecule has 0 radical (unpaired) electrons. The van der Waals surface area contributed by atoms with Gasteiger partial charge in [0.1, 0.15) is 0 Å². The molecule has 6 heteroatoms. The van der Waals surface area contributed by atoms with Crippen LogP contribution in [0.15, 0.2) is 42.5 Å². The minimum absolute atomic E-state index is 0.123. The number of rotatable bonds is 4. The summed E-state index contributed by atoms with van der Waals surface area (Å²) >= 11 is 0. The molecule has 6 nitrogen and oxygen atoms in total. The zero-order valence-electron chi connectivity index (χ0n) is 17.1. The predicted octanol–water partition coefficient (Wildman–Crippen LogP) is 3.20. The van der Waals surface area contributed by atoms with Crippen LogP contribution >= 0.6 is 0 Å². The number of carbonyl (C=O) groups excluding carboxylic acids is 2. The van der Waals surface area contributed by atoms with Crippen molar-refractivity contribution in [1.82, 2.24) is 4.90 Å². The van der Waals surface area contributed by atoms with Gasteiger partial charge < -0.3 is 20.4 Å². The Morgan fingerprint density at radius 1 is 1.14 bits per heavy atom. The summed E-state index contributed by atoms with van der Waals surface area (Å²) < 4.78 is 0. The topological polar surface area (TPSA) is 64.7 Å². The van der Waals surface area contributed by atoms with E-state index >= 15 is 0 Å². The molecule has 2 aromatic carbocycles. The zero-order chi connectivity index (χ0) is 20.4. The molecule has 2 heterocycles. The molecule has 0 aromatic heterocycles. The molecule has 1 unspecified atom stereocenters. The van der Waals surface area contributed by atoms with E-state index in [9.17, 15) is 9.59 Å². The Morgan fingerprint density at radius 2 is 1.90 bits per heavy atom. The van der Waals surface area contributed by atoms with Crippen molar-refractivity contribution in [2.45, 2.75) is 26.2 Å². The maximum Gasteiger partial charge on any atom is 0.232 e. The quantitative estimate of drug-likeness (QED) is 0.839. The molecule has 1 atom stereocenters. The summed E-state index contributed by atoms with van der Waals surface area (Å²) in [6.07, 6.45) is 0.168. The smallest absolute Gasteiger partial charge is 0.232 e. The predicted molar refractivity (Wildman–Crippen MR) is 117 cm³/mol. The van der Waals surface area contributed by atoms with Gasteiger partial charge in [-0.05, 0) is 48.9 Å². The number of hydrogen-bond acceptors (Lipinski definition) is 4. The summed E-state index contributed by atoms with van der Waals surface area (Å²) in [4.78, 5) is 29.9. The van der Waals surface area contributed by atoms with Crippen molar-refractivity contribution in [3.63, 3.8) is 0 Å². The summed E-state index contributed by atoms with van der Waals surface area (Å²) in [7, 11) is 0. The number of carbonyl (C=O) groups is 2. The Morgan fingerprint density at radius 3 is 2.62 bits per heavy atom. The van der Waals surface area contributed by atoms with Gasteiger partial charge in [0.25, 0.3) is 0 Å². The van der Waals surface area contributed by atoms with E-state index in [1.807, 2.05) is 37.3 Å². The van der Waals surface area contributed by atoms with Crippen LogP contribution in [0.4, 0.5) is 17.1 Å². The lowest BCUT2D eigenvalue weighted by molar-refractivity contribution is -0.123. The Balaban J connectivity index is 1.47. The number of para-hydroxylation sites is 1. The lowest BCUT2D eigenvalue weighted by Gasteiger charge is -2.35. The third-order valence-corrected chi connectivity index (χ3v) is 5.97. The van der Waals surface area contributed by atoms with E-state index in [2.05, 4.69) is 39.5 Å². The molecule has 0 spiro atoms. The van der Waals surface area contributed by atoms with Gasteiger partial charge in [-0.2, -0.15) is 0 Å². The molecule has 152 valence electrons. The summed E-state index contributed by atoms with van der Waals surface area (Å²) in [6, 6.07) is 13.7. The van der Waals surface area contributed by atoms with Gasteiger partial charge in [0.15, 0.2) is 0 Å². The molecule has 29 heavy (non-hydrogen) atoms. The second kappa shape index (κ2) is 8.25. The average molecular weight is 393 g/mol. The number of nitrogens with one attached hydrogen (secondary N) is 2. The van der Waals surface area contributed by atoms with Gasteiger partial charge in [0.05, 0.1) is 5.92 Å². The third kappa shape index (κ3) is 4.12. The van der Waals surface area contributed by atoms with Gasteiger partial charge in [-0.25, -0.2) is 0 Å². The standard InChI is InChI=1S/C23H28N4O2/c1-3-26-10-12-27(13-11-26)17-8-9-20(16(2)14-17)25-23(29)19-15-22(28)24-21-7-5-4-6-18(19)21/h4-9,14,19H,3,10-13,15H2,1-2H3,(H,24,28)(H,25,29). The van der Waals surface area contributed by atoms with Gasteiger partial charge in [-0.1, -0.05) is 25.1 Å². The minimum atomic E-state index is -0.471. The maximum absolute atomic E-state index is 13.0. The first-order chi connectivity index (χ1) is 14.0. The van der Waals surface area contributed by atoms with E-state index in [0.717, 1.165) is 55.2 Å². The van der Waals surface area contributed by atoms with Gasteiger partial charge in [0.2, 0.25) is 11.8 Å². The zero-order valence-corrected chi connectivity index (χ0v) is 17.1. The van der Waals surface area contributed by atoms with Crippen molar-refractivity contribution in [2.75, 3.05) is 48.3 Å². The van der Waals surface area contributed by atoms with E-state index in [-0.39, 0.29) is 18.2 Å². The fourth-order valence-corrected chi connectivity index (χ4v) is 4.17. The lowest BCUT2D eigenvalue weighted by atomic mass is 9.89. The monoisotopic (exact) mass is 392 g/mol. The largest absolute Gasteiger partial charge is 0.369 e. The van der Waals surface area contributed by atoms with Gasteiger partial charge in [0, 0.05) is 49.7 Å². The van der Waals surface area contributed by atoms with Gasteiger partial charge in [-0.3, -0.25) is 9.59 Å². The van der Waals surface area contributed by atoms with Crippen molar-refractivity contribution >= 4 is 28.9 Å². The highest BCUT2D eigenvalue weighted by Crippen LogP contribution is 2.33. The second-order valence-electron chi connectivity index (χ2n) is 7.80. The van der Waals surface area contributed by atoms with E-state index in [4.69, 9.17) is 0 Å². The van der Waals surface area contributed by atoms with Crippen LogP contribution in [0.3, 0.4) is 0 Å². The van der Waals surface area contributed by atoms with E-state index in [0.29, 0.717) is 0 Å². The normalized spacial score (nSPS) is 19.4. The van der Waals surface area contributed by atoms with Crippen molar-refractivity contribution < 1.29 is 9.59 Å². The van der Waals surface area contributed by atoms with Crippen LogP contribution in [-0.2, 0) is 9.59 Å². The first-order valence-corrected chi connectivity index (χ1v) is 10.3. The molecule has 0 saturated carbocycles. The first kappa shape index (κ1) is 19.5.